The molecule has 5 rings (SSSR count). The summed E-state index contributed by atoms with van der Waals surface area (Å²) in [5, 5.41) is 4.62. The summed E-state index contributed by atoms with van der Waals surface area (Å²) in [5.41, 5.74) is 3.53. The van der Waals surface area contributed by atoms with Gasteiger partial charge in [-0.05, 0) is 68.6 Å². The van der Waals surface area contributed by atoms with Gasteiger partial charge in [0, 0.05) is 17.1 Å². The topological polar surface area (TPSA) is 50.3 Å². The van der Waals surface area contributed by atoms with Gasteiger partial charge in [0.1, 0.15) is 11.9 Å². The number of anilines is 1. The summed E-state index contributed by atoms with van der Waals surface area (Å²) < 4.78 is 6.33. The number of pyridine rings is 2. The van der Waals surface area contributed by atoms with Crippen LogP contribution in [0.5, 0.6) is 5.88 Å². The second-order valence-corrected chi connectivity index (χ2v) is 7.94. The Hall–Kier alpha value is -2.37. The average molecular weight is 411 g/mol. The molecular formula is C23H27ClN4O. The highest BCUT2D eigenvalue weighted by Gasteiger charge is 2.31. The number of rotatable bonds is 4. The maximum Gasteiger partial charge on any atom is 0.217 e. The van der Waals surface area contributed by atoms with E-state index in [4.69, 9.17) is 9.72 Å². The van der Waals surface area contributed by atoms with Crippen molar-refractivity contribution in [2.24, 2.45) is 0 Å². The molecule has 0 amide bonds. The van der Waals surface area contributed by atoms with Crippen LogP contribution in [-0.4, -0.2) is 42.3 Å². The van der Waals surface area contributed by atoms with E-state index in [-0.39, 0.29) is 18.5 Å². The minimum absolute atomic E-state index is 0. The van der Waals surface area contributed by atoms with Crippen molar-refractivity contribution in [1.29, 1.82) is 0 Å². The molecule has 2 aliphatic heterocycles. The highest BCUT2D eigenvalue weighted by atomic mass is 35.5. The van der Waals surface area contributed by atoms with Crippen molar-refractivity contribution in [3.05, 3.63) is 59.8 Å². The molecule has 0 bridgehead atoms. The fourth-order valence-corrected chi connectivity index (χ4v) is 4.19. The number of hydrogen-bond donors (Lipinski definition) is 1. The van der Waals surface area contributed by atoms with Gasteiger partial charge in [0.2, 0.25) is 5.88 Å². The molecule has 0 unspecified atom stereocenters. The zero-order chi connectivity index (χ0) is 18.9. The molecule has 1 aromatic carbocycles. The van der Waals surface area contributed by atoms with Gasteiger partial charge in [-0.3, -0.25) is 0 Å². The minimum Gasteiger partial charge on any atom is -0.470 e. The maximum atomic E-state index is 6.33. The van der Waals surface area contributed by atoms with Crippen molar-refractivity contribution in [3.8, 4) is 5.88 Å². The minimum atomic E-state index is 0. The summed E-state index contributed by atoms with van der Waals surface area (Å²) >= 11 is 0. The first-order valence-electron chi connectivity index (χ1n) is 10.2. The van der Waals surface area contributed by atoms with E-state index in [0.29, 0.717) is 5.92 Å². The predicted octanol–water partition coefficient (Wildman–Crippen LogP) is 4.09. The molecule has 152 valence electrons. The van der Waals surface area contributed by atoms with Crippen LogP contribution in [-0.2, 0) is 0 Å². The Bertz CT molecular complexity index is 984. The number of fused-ring (bicyclic) bond motifs is 1. The largest absolute Gasteiger partial charge is 0.470 e. The summed E-state index contributed by atoms with van der Waals surface area (Å²) in [4.78, 5) is 11.7. The number of nitrogens with zero attached hydrogens (tertiary/aromatic N) is 3. The second-order valence-electron chi connectivity index (χ2n) is 7.94. The lowest BCUT2D eigenvalue weighted by atomic mass is 9.90. The van der Waals surface area contributed by atoms with E-state index < -0.39 is 0 Å². The molecule has 29 heavy (non-hydrogen) atoms. The molecule has 2 aromatic heterocycles. The molecule has 2 fully saturated rings. The maximum absolute atomic E-state index is 6.33. The fourth-order valence-electron chi connectivity index (χ4n) is 4.19. The molecule has 2 aliphatic rings. The molecular weight excluding hydrogens is 384 g/mol. The summed E-state index contributed by atoms with van der Waals surface area (Å²) in [6, 6.07) is 14.7. The van der Waals surface area contributed by atoms with Crippen LogP contribution >= 0.6 is 12.4 Å². The summed E-state index contributed by atoms with van der Waals surface area (Å²) in [5.74, 6) is 2.39. The van der Waals surface area contributed by atoms with Gasteiger partial charge in [-0.15, -0.1) is 12.4 Å². The monoisotopic (exact) mass is 410 g/mol. The summed E-state index contributed by atoms with van der Waals surface area (Å²) in [6.07, 6.45) is 4.39. The zero-order valence-electron chi connectivity index (χ0n) is 16.7. The first kappa shape index (κ1) is 19.9. The average Bonchev–Trinajstić information content (AvgIpc) is 2.71. The number of aryl methyl sites for hydroxylation is 1. The molecule has 1 N–H and O–H groups in total. The number of piperidine rings is 1. The Balaban J connectivity index is 0.00000205. The molecule has 0 saturated carbocycles. The van der Waals surface area contributed by atoms with E-state index in [1.807, 2.05) is 18.3 Å². The smallest absolute Gasteiger partial charge is 0.217 e. The molecule has 2 saturated heterocycles. The van der Waals surface area contributed by atoms with Crippen LogP contribution in [0, 0.1) is 6.92 Å². The van der Waals surface area contributed by atoms with Crippen LogP contribution < -0.4 is 15.0 Å². The standard InChI is InChI=1S/C23H26N4O.ClH/c1-16-12-20(17-8-10-24-11-9-17)23(25-13-16)28-19-14-27(15-19)22-7-6-18-4-2-3-5-21(18)26-22;/h2-7,12-13,17,19,24H,8-11,14-15H2,1H3;1H. The molecule has 0 aliphatic carbocycles. The first-order chi connectivity index (χ1) is 13.8. The number of halogens is 1. The van der Waals surface area contributed by atoms with Gasteiger partial charge in [-0.2, -0.15) is 0 Å². The number of para-hydroxylation sites is 1. The van der Waals surface area contributed by atoms with E-state index in [1.54, 1.807) is 0 Å². The van der Waals surface area contributed by atoms with Crippen LogP contribution in [0.1, 0.15) is 29.9 Å². The van der Waals surface area contributed by atoms with Crippen LogP contribution in [0.2, 0.25) is 0 Å². The van der Waals surface area contributed by atoms with Crippen molar-refractivity contribution < 1.29 is 4.74 Å². The van der Waals surface area contributed by atoms with Crippen LogP contribution in [0.3, 0.4) is 0 Å². The summed E-state index contributed by atoms with van der Waals surface area (Å²) in [6.45, 7) is 5.96. The van der Waals surface area contributed by atoms with Gasteiger partial charge in [0.25, 0.3) is 0 Å². The molecule has 5 nitrogen and oxygen atoms in total. The van der Waals surface area contributed by atoms with Crippen molar-refractivity contribution in [2.75, 3.05) is 31.1 Å². The molecule has 4 heterocycles. The Morgan fingerprint density at radius 2 is 1.86 bits per heavy atom. The van der Waals surface area contributed by atoms with Crippen molar-refractivity contribution in [1.82, 2.24) is 15.3 Å². The lowest BCUT2D eigenvalue weighted by molar-refractivity contribution is 0.157. The highest BCUT2D eigenvalue weighted by molar-refractivity contribution is 5.85. The van der Waals surface area contributed by atoms with Gasteiger partial charge in [0.05, 0.1) is 18.6 Å². The lowest BCUT2D eigenvalue weighted by Gasteiger charge is -2.40. The number of benzene rings is 1. The normalized spacial score (nSPS) is 17.6. The predicted molar refractivity (Wildman–Crippen MR) is 119 cm³/mol. The van der Waals surface area contributed by atoms with E-state index in [2.05, 4.69) is 52.5 Å². The Kier molecular flexibility index (Phi) is 5.88. The van der Waals surface area contributed by atoms with Gasteiger partial charge >= 0.3 is 0 Å². The number of ether oxygens (including phenoxy) is 1. The quantitative estimate of drug-likeness (QED) is 0.701. The van der Waals surface area contributed by atoms with E-state index >= 15 is 0 Å². The van der Waals surface area contributed by atoms with Crippen LogP contribution in [0.15, 0.2) is 48.7 Å². The first-order valence-corrected chi connectivity index (χ1v) is 10.2. The van der Waals surface area contributed by atoms with Crippen molar-refractivity contribution in [2.45, 2.75) is 31.8 Å². The molecule has 0 radical (unpaired) electrons. The Morgan fingerprint density at radius 3 is 2.69 bits per heavy atom. The van der Waals surface area contributed by atoms with Crippen LogP contribution in [0.25, 0.3) is 10.9 Å². The van der Waals surface area contributed by atoms with E-state index in [9.17, 15) is 0 Å². The van der Waals surface area contributed by atoms with E-state index in [1.165, 1.54) is 16.5 Å². The van der Waals surface area contributed by atoms with Gasteiger partial charge in [-0.25, -0.2) is 9.97 Å². The number of hydrogen-bond acceptors (Lipinski definition) is 5. The van der Waals surface area contributed by atoms with E-state index in [0.717, 1.165) is 56.2 Å². The third-order valence-electron chi connectivity index (χ3n) is 5.83. The number of nitrogens with one attached hydrogen (secondary N) is 1. The van der Waals surface area contributed by atoms with Gasteiger partial charge < -0.3 is 15.0 Å². The molecule has 3 aromatic rings. The highest BCUT2D eigenvalue weighted by Crippen LogP contribution is 2.33. The lowest BCUT2D eigenvalue weighted by Crippen LogP contribution is -2.54. The Morgan fingerprint density at radius 1 is 1.07 bits per heavy atom. The molecule has 0 atom stereocenters. The van der Waals surface area contributed by atoms with Crippen molar-refractivity contribution in [3.63, 3.8) is 0 Å². The van der Waals surface area contributed by atoms with Crippen molar-refractivity contribution >= 4 is 29.1 Å². The SMILES string of the molecule is Cc1cnc(OC2CN(c3ccc4ccccc4n3)C2)c(C2CCNCC2)c1.Cl. The van der Waals surface area contributed by atoms with Gasteiger partial charge in [-0.1, -0.05) is 18.2 Å². The molecule has 0 spiro atoms. The number of aromatic nitrogens is 2. The third kappa shape index (κ3) is 4.16. The zero-order valence-corrected chi connectivity index (χ0v) is 17.5. The van der Waals surface area contributed by atoms with Crippen LogP contribution in [0.4, 0.5) is 5.82 Å². The summed E-state index contributed by atoms with van der Waals surface area (Å²) in [7, 11) is 0. The Labute approximate surface area is 177 Å². The molecule has 6 heteroatoms. The fraction of sp³-hybridized carbons (Fsp3) is 0.391. The third-order valence-corrected chi connectivity index (χ3v) is 5.83. The van der Waals surface area contributed by atoms with Gasteiger partial charge in [0.15, 0.2) is 0 Å². The second kappa shape index (κ2) is 8.56.